The lowest BCUT2D eigenvalue weighted by atomic mass is 9.41. The molecule has 0 amide bonds. The molecule has 156 valence electrons. The van der Waals surface area contributed by atoms with Crippen molar-refractivity contribution in [3.8, 4) is 0 Å². The number of carbonyl (C=O) groups excluding carboxylic acids is 1. The third-order valence-corrected chi connectivity index (χ3v) is 9.83. The summed E-state index contributed by atoms with van der Waals surface area (Å²) in [6.07, 6.45) is 6.29. The van der Waals surface area contributed by atoms with Crippen molar-refractivity contribution in [2.45, 2.75) is 78.2 Å². The number of ketones is 1. The number of carboxylic acid groups (broad SMARTS) is 1. The van der Waals surface area contributed by atoms with E-state index in [1.165, 1.54) is 5.57 Å². The lowest BCUT2D eigenvalue weighted by molar-refractivity contribution is -0.156. The summed E-state index contributed by atoms with van der Waals surface area (Å²) in [6, 6.07) is 0. The van der Waals surface area contributed by atoms with E-state index < -0.39 is 12.1 Å². The number of aliphatic carboxylic acids is 1. The average molecular weight is 389 g/mol. The van der Waals surface area contributed by atoms with Gasteiger partial charge in [0.05, 0.1) is 6.10 Å². The van der Waals surface area contributed by atoms with Gasteiger partial charge < -0.3 is 10.2 Å². The highest BCUT2D eigenvalue weighted by Crippen LogP contribution is 2.69. The first-order valence-corrected chi connectivity index (χ1v) is 11.2. The Hall–Kier alpha value is -1.16. The van der Waals surface area contributed by atoms with Gasteiger partial charge in [0, 0.05) is 12.3 Å². The number of Topliss-reactive ketones (excluding diaryl/α,β-unsaturated/α-hetero) is 1. The Morgan fingerprint density at radius 1 is 1.14 bits per heavy atom. The molecule has 4 aliphatic rings. The number of fused-ring (bicyclic) bond motifs is 5. The number of allylic oxidation sites excluding steroid dienone is 1. The van der Waals surface area contributed by atoms with E-state index in [1.807, 2.05) is 0 Å². The van der Waals surface area contributed by atoms with Crippen molar-refractivity contribution in [1.29, 1.82) is 0 Å². The van der Waals surface area contributed by atoms with Crippen molar-refractivity contribution in [3.63, 3.8) is 0 Å². The molecule has 28 heavy (non-hydrogen) atoms. The number of hydrogen-bond donors (Lipinski definition) is 2. The molecule has 0 aromatic heterocycles. The molecule has 0 aliphatic heterocycles. The maximum absolute atomic E-state index is 12.3. The molecule has 0 bridgehead atoms. The van der Waals surface area contributed by atoms with E-state index in [0.29, 0.717) is 30.0 Å². The van der Waals surface area contributed by atoms with Crippen molar-refractivity contribution in [1.82, 2.24) is 0 Å². The quantitative estimate of drug-likeness (QED) is 0.700. The van der Waals surface area contributed by atoms with Crippen LogP contribution in [0, 0.1) is 46.3 Å². The number of aliphatic hydroxyl groups is 1. The normalized spacial score (nSPS) is 50.4. The second-order valence-corrected chi connectivity index (χ2v) is 10.9. The van der Waals surface area contributed by atoms with Crippen LogP contribution < -0.4 is 0 Å². The monoisotopic (exact) mass is 388 g/mol. The Balaban J connectivity index is 1.71. The Kier molecular flexibility index (Phi) is 4.80. The molecule has 0 aromatic rings. The van der Waals surface area contributed by atoms with Gasteiger partial charge in [-0.3, -0.25) is 9.59 Å². The topological polar surface area (TPSA) is 74.6 Å². The summed E-state index contributed by atoms with van der Waals surface area (Å²) in [5.41, 5.74) is 1.20. The minimum atomic E-state index is -0.759. The summed E-state index contributed by atoms with van der Waals surface area (Å²) >= 11 is 0. The predicted molar refractivity (Wildman–Crippen MR) is 108 cm³/mol. The Morgan fingerprint density at radius 3 is 2.50 bits per heavy atom. The van der Waals surface area contributed by atoms with Crippen LogP contribution in [-0.4, -0.2) is 28.1 Å². The third-order valence-electron chi connectivity index (χ3n) is 9.83. The molecule has 4 fully saturated rings. The van der Waals surface area contributed by atoms with E-state index in [4.69, 9.17) is 0 Å². The van der Waals surface area contributed by atoms with Gasteiger partial charge in [-0.15, -0.1) is 0 Å². The van der Waals surface area contributed by atoms with Gasteiger partial charge in [0.15, 0.2) is 0 Å². The zero-order valence-electron chi connectivity index (χ0n) is 17.6. The Morgan fingerprint density at radius 2 is 1.86 bits per heavy atom. The number of hydrogen-bond acceptors (Lipinski definition) is 3. The van der Waals surface area contributed by atoms with Gasteiger partial charge in [-0.05, 0) is 92.3 Å². The van der Waals surface area contributed by atoms with Crippen LogP contribution in [-0.2, 0) is 9.59 Å². The van der Waals surface area contributed by atoms with Gasteiger partial charge in [-0.25, -0.2) is 0 Å². The number of carbonyl (C=O) groups is 2. The lowest BCUT2D eigenvalue weighted by Gasteiger charge is -2.63. The first kappa shape index (κ1) is 20.1. The molecule has 4 aliphatic carbocycles. The molecule has 2 N–H and O–H groups in total. The Bertz CT molecular complexity index is 699. The van der Waals surface area contributed by atoms with E-state index in [2.05, 4.69) is 20.4 Å². The van der Waals surface area contributed by atoms with Crippen LogP contribution in [0.25, 0.3) is 0 Å². The first-order valence-electron chi connectivity index (χ1n) is 11.2. The van der Waals surface area contributed by atoms with Gasteiger partial charge in [0.1, 0.15) is 5.78 Å². The van der Waals surface area contributed by atoms with E-state index in [0.717, 1.165) is 38.5 Å². The van der Waals surface area contributed by atoms with Crippen molar-refractivity contribution in [2.75, 3.05) is 0 Å². The summed E-state index contributed by atoms with van der Waals surface area (Å²) in [5, 5.41) is 20.0. The van der Waals surface area contributed by atoms with Crippen molar-refractivity contribution in [3.05, 3.63) is 12.2 Å². The lowest BCUT2D eigenvalue weighted by Crippen LogP contribution is -2.58. The largest absolute Gasteiger partial charge is 0.481 e. The molecule has 0 radical (unpaired) electrons. The minimum Gasteiger partial charge on any atom is -0.481 e. The summed E-state index contributed by atoms with van der Waals surface area (Å²) in [4.78, 5) is 24.0. The molecule has 4 rings (SSSR count). The average Bonchev–Trinajstić information content (AvgIpc) is 2.94. The fourth-order valence-corrected chi connectivity index (χ4v) is 8.63. The standard InChI is InChI=1S/C24H36O4/c1-13-9-17-19-6-5-18(14(2)25)23(19,3)8-7-20(17)24(4)15(11-22(27)28)10-16(26)12-21(13)24/h15-21,26H,1,5-12H2,2-4H3,(H,27,28). The van der Waals surface area contributed by atoms with E-state index >= 15 is 0 Å². The summed E-state index contributed by atoms with van der Waals surface area (Å²) in [5.74, 6) is 1.49. The van der Waals surface area contributed by atoms with Crippen LogP contribution in [0.2, 0.25) is 0 Å². The van der Waals surface area contributed by atoms with Gasteiger partial charge in [0.2, 0.25) is 0 Å². The molecule has 9 unspecified atom stereocenters. The molecule has 0 heterocycles. The molecule has 4 nitrogen and oxygen atoms in total. The molecule has 4 heteroatoms. The highest BCUT2D eigenvalue weighted by Gasteiger charge is 2.63. The number of aliphatic hydroxyl groups excluding tert-OH is 1. The van der Waals surface area contributed by atoms with Gasteiger partial charge in [-0.1, -0.05) is 26.0 Å². The van der Waals surface area contributed by atoms with Crippen LogP contribution >= 0.6 is 0 Å². The maximum atomic E-state index is 12.3. The highest BCUT2D eigenvalue weighted by molar-refractivity contribution is 5.79. The minimum absolute atomic E-state index is 0.00216. The molecular weight excluding hydrogens is 352 g/mol. The van der Waals surface area contributed by atoms with Crippen molar-refractivity contribution >= 4 is 11.8 Å². The summed E-state index contributed by atoms with van der Waals surface area (Å²) < 4.78 is 0. The van der Waals surface area contributed by atoms with Crippen LogP contribution in [0.1, 0.15) is 72.1 Å². The smallest absolute Gasteiger partial charge is 0.303 e. The molecular formula is C24H36O4. The van der Waals surface area contributed by atoms with Crippen molar-refractivity contribution < 1.29 is 19.8 Å². The van der Waals surface area contributed by atoms with Crippen LogP contribution in [0.5, 0.6) is 0 Å². The van der Waals surface area contributed by atoms with Gasteiger partial charge in [-0.2, -0.15) is 0 Å². The van der Waals surface area contributed by atoms with E-state index in [1.54, 1.807) is 6.92 Å². The highest BCUT2D eigenvalue weighted by atomic mass is 16.4. The number of carboxylic acids is 1. The Labute approximate surface area is 168 Å². The predicted octanol–water partition coefficient (Wildman–Crippen LogP) is 4.46. The van der Waals surface area contributed by atoms with Gasteiger partial charge in [0.25, 0.3) is 0 Å². The zero-order chi connectivity index (χ0) is 20.4. The fourth-order valence-electron chi connectivity index (χ4n) is 8.63. The second kappa shape index (κ2) is 6.68. The summed E-state index contributed by atoms with van der Waals surface area (Å²) in [7, 11) is 0. The van der Waals surface area contributed by atoms with Crippen LogP contribution in [0.3, 0.4) is 0 Å². The maximum Gasteiger partial charge on any atom is 0.303 e. The molecule has 0 spiro atoms. The number of rotatable bonds is 3. The first-order chi connectivity index (χ1) is 13.1. The van der Waals surface area contributed by atoms with E-state index in [9.17, 15) is 19.8 Å². The molecule has 9 atom stereocenters. The third kappa shape index (κ3) is 2.74. The van der Waals surface area contributed by atoms with Crippen molar-refractivity contribution in [2.24, 2.45) is 46.3 Å². The summed E-state index contributed by atoms with van der Waals surface area (Å²) in [6.45, 7) is 10.8. The van der Waals surface area contributed by atoms with Crippen LogP contribution in [0.15, 0.2) is 12.2 Å². The molecule has 4 saturated carbocycles. The molecule has 0 aromatic carbocycles. The zero-order valence-corrected chi connectivity index (χ0v) is 17.6. The van der Waals surface area contributed by atoms with Crippen LogP contribution in [0.4, 0.5) is 0 Å². The van der Waals surface area contributed by atoms with Gasteiger partial charge >= 0.3 is 5.97 Å². The SMILES string of the molecule is C=C1CC2C3CCC(C(C)=O)C3(C)CCC2C2(C)C(CC(=O)O)CC(O)CC12. The second-order valence-electron chi connectivity index (χ2n) is 10.9. The van der Waals surface area contributed by atoms with E-state index in [-0.39, 0.29) is 35.0 Å². The molecule has 0 saturated heterocycles. The fraction of sp³-hybridized carbons (Fsp3) is 0.833.